The van der Waals surface area contributed by atoms with Crippen LogP contribution in [0.15, 0.2) is 47.5 Å². The molecule has 1 aromatic carbocycles. The van der Waals surface area contributed by atoms with Gasteiger partial charge in [0.1, 0.15) is 11.3 Å². The van der Waals surface area contributed by atoms with Crippen molar-refractivity contribution in [2.24, 2.45) is 0 Å². The van der Waals surface area contributed by atoms with Crippen molar-refractivity contribution in [2.45, 2.75) is 23.8 Å². The largest absolute Gasteiger partial charge is 0.438 e. The molecule has 1 fully saturated rings. The lowest BCUT2D eigenvalue weighted by Gasteiger charge is -2.31. The van der Waals surface area contributed by atoms with Gasteiger partial charge in [-0.3, -0.25) is 4.79 Å². The highest BCUT2D eigenvalue weighted by Gasteiger charge is 2.22. The van der Waals surface area contributed by atoms with E-state index >= 15 is 0 Å². The Morgan fingerprint density at radius 1 is 1.33 bits per heavy atom. The van der Waals surface area contributed by atoms with E-state index in [0.29, 0.717) is 23.7 Å². The summed E-state index contributed by atoms with van der Waals surface area (Å²) >= 11 is 1.63. The zero-order chi connectivity index (χ0) is 19.1. The second-order valence-electron chi connectivity index (χ2n) is 6.45. The van der Waals surface area contributed by atoms with Gasteiger partial charge in [-0.05, 0) is 49.4 Å². The molecule has 1 aromatic heterocycles. The summed E-state index contributed by atoms with van der Waals surface area (Å²) in [7, 11) is 0. The number of benzene rings is 1. The van der Waals surface area contributed by atoms with Gasteiger partial charge in [-0.2, -0.15) is 0 Å². The second kappa shape index (κ2) is 9.73. The van der Waals surface area contributed by atoms with E-state index in [4.69, 9.17) is 9.84 Å². The first kappa shape index (κ1) is 19.7. The van der Waals surface area contributed by atoms with Crippen molar-refractivity contribution in [3.8, 4) is 11.6 Å². The van der Waals surface area contributed by atoms with E-state index in [9.17, 15) is 4.79 Å². The molecule has 1 amide bonds. The van der Waals surface area contributed by atoms with Gasteiger partial charge in [0.15, 0.2) is 0 Å². The predicted octanol–water partition coefficient (Wildman–Crippen LogP) is 2.78. The number of carbonyl (C=O) groups excluding carboxylic acids is 1. The first-order valence-corrected chi connectivity index (χ1v) is 10.3. The highest BCUT2D eigenvalue weighted by atomic mass is 32.2. The van der Waals surface area contributed by atoms with Crippen LogP contribution in [-0.4, -0.2) is 59.4 Å². The van der Waals surface area contributed by atoms with E-state index in [1.165, 1.54) is 0 Å². The molecule has 2 aromatic rings. The van der Waals surface area contributed by atoms with Crippen LogP contribution in [0.3, 0.4) is 0 Å². The Bertz CT molecular complexity index is 764. The number of aliphatic hydroxyl groups is 1. The highest BCUT2D eigenvalue weighted by molar-refractivity contribution is 7.98. The molecule has 0 radical (unpaired) electrons. The number of aliphatic hydroxyl groups excluding tert-OH is 1. The molecule has 0 atom stereocenters. The van der Waals surface area contributed by atoms with Crippen LogP contribution in [0.25, 0.3) is 0 Å². The molecule has 1 aliphatic rings. The number of β-amino-alcohol motifs (C(OH)–C–C–N with tert-alkyl or cyclic N) is 1. The van der Waals surface area contributed by atoms with Gasteiger partial charge in [0.05, 0.1) is 6.61 Å². The van der Waals surface area contributed by atoms with Gasteiger partial charge >= 0.3 is 0 Å². The highest BCUT2D eigenvalue weighted by Crippen LogP contribution is 2.26. The molecule has 7 heteroatoms. The Balaban J connectivity index is 1.65. The van der Waals surface area contributed by atoms with Crippen LogP contribution in [0.4, 0.5) is 0 Å². The lowest BCUT2D eigenvalue weighted by molar-refractivity contribution is 0.0900. The fourth-order valence-corrected chi connectivity index (χ4v) is 3.58. The average molecular weight is 388 g/mol. The molecule has 2 N–H and O–H groups in total. The van der Waals surface area contributed by atoms with Gasteiger partial charge in [0, 0.05) is 36.8 Å². The molecule has 27 heavy (non-hydrogen) atoms. The first-order valence-electron chi connectivity index (χ1n) is 9.10. The predicted molar refractivity (Wildman–Crippen MR) is 107 cm³/mol. The zero-order valence-electron chi connectivity index (χ0n) is 15.4. The number of carbonyl (C=O) groups is 1. The third-order valence-corrected chi connectivity index (χ3v) is 5.34. The normalized spacial score (nSPS) is 15.5. The molecule has 0 aliphatic carbocycles. The SMILES string of the molecule is CSc1cccc(Oc2ncccc2C(=O)NC2CCN(CCO)CC2)c1. The van der Waals surface area contributed by atoms with Gasteiger partial charge in [0.2, 0.25) is 5.88 Å². The minimum absolute atomic E-state index is 0.125. The summed E-state index contributed by atoms with van der Waals surface area (Å²) < 4.78 is 5.89. The van der Waals surface area contributed by atoms with Gasteiger partial charge in [-0.15, -0.1) is 11.8 Å². The molecular weight excluding hydrogens is 362 g/mol. The molecule has 144 valence electrons. The summed E-state index contributed by atoms with van der Waals surface area (Å²) in [4.78, 5) is 20.3. The second-order valence-corrected chi connectivity index (χ2v) is 7.33. The number of nitrogens with one attached hydrogen (secondary N) is 1. The van der Waals surface area contributed by atoms with Crippen LogP contribution in [0.1, 0.15) is 23.2 Å². The Labute approximate surface area is 163 Å². The van der Waals surface area contributed by atoms with E-state index in [2.05, 4.69) is 15.2 Å². The van der Waals surface area contributed by atoms with Crippen LogP contribution in [0, 0.1) is 0 Å². The van der Waals surface area contributed by atoms with E-state index in [1.807, 2.05) is 30.5 Å². The van der Waals surface area contributed by atoms with Crippen molar-refractivity contribution in [3.05, 3.63) is 48.2 Å². The molecule has 0 saturated carbocycles. The number of rotatable bonds is 7. The Kier molecular flexibility index (Phi) is 7.09. The van der Waals surface area contributed by atoms with E-state index in [0.717, 1.165) is 30.8 Å². The minimum Gasteiger partial charge on any atom is -0.438 e. The molecule has 0 spiro atoms. The maximum Gasteiger partial charge on any atom is 0.257 e. The number of piperidine rings is 1. The molecule has 3 rings (SSSR count). The molecule has 2 heterocycles. The Hall–Kier alpha value is -2.09. The smallest absolute Gasteiger partial charge is 0.257 e. The number of hydrogen-bond donors (Lipinski definition) is 2. The average Bonchev–Trinajstić information content (AvgIpc) is 2.70. The van der Waals surface area contributed by atoms with E-state index < -0.39 is 0 Å². The van der Waals surface area contributed by atoms with Crippen LogP contribution >= 0.6 is 11.8 Å². The number of amides is 1. The Morgan fingerprint density at radius 2 is 2.15 bits per heavy atom. The number of nitrogens with zero attached hydrogens (tertiary/aromatic N) is 2. The molecule has 1 saturated heterocycles. The zero-order valence-corrected chi connectivity index (χ0v) is 16.2. The summed E-state index contributed by atoms with van der Waals surface area (Å²) in [5, 5.41) is 12.1. The molecule has 0 unspecified atom stereocenters. The van der Waals surface area contributed by atoms with Gasteiger partial charge in [-0.25, -0.2) is 4.98 Å². The molecular formula is C20H25N3O3S. The van der Waals surface area contributed by atoms with Crippen LogP contribution in [0.2, 0.25) is 0 Å². The number of ether oxygens (including phenoxy) is 1. The van der Waals surface area contributed by atoms with Crippen molar-refractivity contribution in [2.75, 3.05) is 32.5 Å². The van der Waals surface area contributed by atoms with Crippen molar-refractivity contribution in [3.63, 3.8) is 0 Å². The summed E-state index contributed by atoms with van der Waals surface area (Å²) in [6.07, 6.45) is 5.37. The summed E-state index contributed by atoms with van der Waals surface area (Å²) in [6, 6.07) is 11.3. The number of aromatic nitrogens is 1. The van der Waals surface area contributed by atoms with Crippen molar-refractivity contribution >= 4 is 17.7 Å². The number of likely N-dealkylation sites (tertiary alicyclic amines) is 1. The number of thioether (sulfide) groups is 1. The maximum absolute atomic E-state index is 12.8. The third-order valence-electron chi connectivity index (χ3n) is 4.61. The number of hydrogen-bond acceptors (Lipinski definition) is 6. The lowest BCUT2D eigenvalue weighted by atomic mass is 10.0. The topological polar surface area (TPSA) is 74.7 Å². The third kappa shape index (κ3) is 5.45. The van der Waals surface area contributed by atoms with Crippen molar-refractivity contribution < 1.29 is 14.6 Å². The van der Waals surface area contributed by atoms with Crippen molar-refractivity contribution in [1.29, 1.82) is 0 Å². The van der Waals surface area contributed by atoms with Crippen LogP contribution in [-0.2, 0) is 0 Å². The van der Waals surface area contributed by atoms with E-state index in [1.54, 1.807) is 30.1 Å². The van der Waals surface area contributed by atoms with Gasteiger partial charge in [-0.1, -0.05) is 6.07 Å². The van der Waals surface area contributed by atoms with Crippen molar-refractivity contribution in [1.82, 2.24) is 15.2 Å². The fourth-order valence-electron chi connectivity index (χ4n) is 3.13. The molecule has 0 bridgehead atoms. The summed E-state index contributed by atoms with van der Waals surface area (Å²) in [6.45, 7) is 2.62. The fraction of sp³-hybridized carbons (Fsp3) is 0.400. The van der Waals surface area contributed by atoms with Crippen LogP contribution in [0.5, 0.6) is 11.6 Å². The minimum atomic E-state index is -0.167. The lowest BCUT2D eigenvalue weighted by Crippen LogP contribution is -2.45. The molecule has 6 nitrogen and oxygen atoms in total. The monoisotopic (exact) mass is 387 g/mol. The standard InChI is InChI=1S/C20H25N3O3S/c1-27-17-5-2-4-16(14-17)26-20-18(6-3-9-21-20)19(25)22-15-7-10-23(11-8-15)12-13-24/h2-6,9,14-15,24H,7-8,10-13H2,1H3,(H,22,25). The maximum atomic E-state index is 12.8. The quantitative estimate of drug-likeness (QED) is 0.712. The molecule has 1 aliphatic heterocycles. The van der Waals surface area contributed by atoms with Gasteiger partial charge in [0.25, 0.3) is 5.91 Å². The van der Waals surface area contributed by atoms with E-state index in [-0.39, 0.29) is 18.6 Å². The summed E-state index contributed by atoms with van der Waals surface area (Å²) in [5.41, 5.74) is 0.435. The van der Waals surface area contributed by atoms with Crippen LogP contribution < -0.4 is 10.1 Å². The Morgan fingerprint density at radius 3 is 2.89 bits per heavy atom. The first-order chi connectivity index (χ1) is 13.2. The van der Waals surface area contributed by atoms with Gasteiger partial charge < -0.3 is 20.1 Å². The summed E-state index contributed by atoms with van der Waals surface area (Å²) in [5.74, 6) is 0.803. The number of pyridine rings is 1.